The molecule has 0 bridgehead atoms. The van der Waals surface area contributed by atoms with Crippen molar-refractivity contribution in [2.75, 3.05) is 25.1 Å². The van der Waals surface area contributed by atoms with Gasteiger partial charge in [-0.3, -0.25) is 9.59 Å². The second kappa shape index (κ2) is 12.5. The second-order valence-electron chi connectivity index (χ2n) is 6.46. The van der Waals surface area contributed by atoms with Gasteiger partial charge in [-0.2, -0.15) is 0 Å². The maximum Gasteiger partial charge on any atom is 0.246 e. The van der Waals surface area contributed by atoms with E-state index in [-0.39, 0.29) is 18.4 Å². The van der Waals surface area contributed by atoms with E-state index in [0.29, 0.717) is 19.6 Å². The fourth-order valence-corrected chi connectivity index (χ4v) is 2.73. The number of carbonyl (C=O) groups excluding carboxylic acids is 2. The maximum absolute atomic E-state index is 12.1. The largest absolute Gasteiger partial charge is 0.368 e. The van der Waals surface area contributed by atoms with Crippen molar-refractivity contribution in [3.05, 3.63) is 67.3 Å². The first-order chi connectivity index (χ1) is 13.7. The highest BCUT2D eigenvalue weighted by Crippen LogP contribution is 2.22. The van der Waals surface area contributed by atoms with E-state index in [1.54, 1.807) is 6.08 Å². The van der Waals surface area contributed by atoms with Crippen LogP contribution in [-0.2, 0) is 14.3 Å². The summed E-state index contributed by atoms with van der Waals surface area (Å²) in [6.45, 7) is 4.54. The summed E-state index contributed by atoms with van der Waals surface area (Å²) in [5.41, 5.74) is 3.00. The zero-order valence-corrected chi connectivity index (χ0v) is 16.2. The van der Waals surface area contributed by atoms with E-state index in [4.69, 9.17) is 4.74 Å². The molecule has 0 aromatic heterocycles. The van der Waals surface area contributed by atoms with Crippen molar-refractivity contribution in [2.24, 2.45) is 0 Å². The molecule has 2 aromatic rings. The van der Waals surface area contributed by atoms with Crippen LogP contribution in [0.4, 0.5) is 5.69 Å². The summed E-state index contributed by atoms with van der Waals surface area (Å²) in [5.74, 6) is -0.120. The average Bonchev–Trinajstić information content (AvgIpc) is 2.71. The van der Waals surface area contributed by atoms with E-state index in [9.17, 15) is 9.59 Å². The van der Waals surface area contributed by atoms with Crippen molar-refractivity contribution in [2.45, 2.75) is 25.7 Å². The van der Waals surface area contributed by atoms with Crippen LogP contribution in [0.3, 0.4) is 0 Å². The Labute approximate surface area is 166 Å². The summed E-state index contributed by atoms with van der Waals surface area (Å²) in [7, 11) is 0. The third-order valence-corrected chi connectivity index (χ3v) is 4.13. The highest BCUT2D eigenvalue weighted by atomic mass is 16.5. The van der Waals surface area contributed by atoms with Gasteiger partial charge >= 0.3 is 0 Å². The molecule has 28 heavy (non-hydrogen) atoms. The van der Waals surface area contributed by atoms with Crippen LogP contribution in [0.15, 0.2) is 67.3 Å². The molecule has 0 spiro atoms. The molecule has 0 aliphatic rings. The smallest absolute Gasteiger partial charge is 0.246 e. The third kappa shape index (κ3) is 8.18. The van der Waals surface area contributed by atoms with Gasteiger partial charge in [-0.15, -0.1) is 6.58 Å². The van der Waals surface area contributed by atoms with E-state index in [1.807, 2.05) is 54.6 Å². The number of amides is 2. The van der Waals surface area contributed by atoms with Crippen molar-refractivity contribution in [1.29, 1.82) is 0 Å². The predicted molar refractivity (Wildman–Crippen MR) is 113 cm³/mol. The molecule has 5 heteroatoms. The third-order valence-electron chi connectivity index (χ3n) is 4.13. The Morgan fingerprint density at radius 1 is 0.929 bits per heavy atom. The fraction of sp³-hybridized carbons (Fsp3) is 0.304. The second-order valence-corrected chi connectivity index (χ2v) is 6.46. The molecule has 5 nitrogen and oxygen atoms in total. The van der Waals surface area contributed by atoms with Gasteiger partial charge in [0.05, 0.1) is 6.61 Å². The zero-order valence-electron chi connectivity index (χ0n) is 16.2. The van der Waals surface area contributed by atoms with E-state index in [1.165, 1.54) is 0 Å². The van der Waals surface area contributed by atoms with Gasteiger partial charge in [0.25, 0.3) is 0 Å². The van der Waals surface area contributed by atoms with Gasteiger partial charge in [0.2, 0.25) is 11.8 Å². The number of carbonyl (C=O) groups is 2. The molecule has 2 aromatic carbocycles. The Kier molecular flexibility index (Phi) is 9.52. The highest BCUT2D eigenvalue weighted by molar-refractivity contribution is 5.91. The molecule has 2 amide bonds. The van der Waals surface area contributed by atoms with E-state index < -0.39 is 0 Å². The Morgan fingerprint density at radius 3 is 2.50 bits per heavy atom. The van der Waals surface area contributed by atoms with E-state index >= 15 is 0 Å². The molecule has 0 radical (unpaired) electrons. The van der Waals surface area contributed by atoms with Crippen molar-refractivity contribution >= 4 is 17.5 Å². The van der Waals surface area contributed by atoms with Crippen LogP contribution in [0, 0.1) is 0 Å². The molecule has 0 saturated heterocycles. The molecule has 0 heterocycles. The summed E-state index contributed by atoms with van der Waals surface area (Å²) >= 11 is 0. The Morgan fingerprint density at radius 2 is 1.71 bits per heavy atom. The van der Waals surface area contributed by atoms with Gasteiger partial charge in [0.1, 0.15) is 6.61 Å². The molecule has 2 N–H and O–H groups in total. The van der Waals surface area contributed by atoms with E-state index in [2.05, 4.69) is 17.2 Å². The molecular weight excluding hydrogens is 352 g/mol. The van der Waals surface area contributed by atoms with Gasteiger partial charge in [0, 0.05) is 18.7 Å². The van der Waals surface area contributed by atoms with Crippen LogP contribution in [-0.4, -0.2) is 31.6 Å². The average molecular weight is 380 g/mol. The lowest BCUT2D eigenvalue weighted by atomic mass is 10.1. The minimum atomic E-state index is -0.127. The SMILES string of the molecule is C=CCOCC(=O)NCCCCCC(=O)Nc1cccc(-c2ccccc2)c1. The number of ether oxygens (including phenoxy) is 1. The zero-order chi connectivity index (χ0) is 20.0. The van der Waals surface area contributed by atoms with Crippen LogP contribution < -0.4 is 10.6 Å². The summed E-state index contributed by atoms with van der Waals surface area (Å²) in [5, 5.41) is 5.75. The van der Waals surface area contributed by atoms with Crippen LogP contribution in [0.2, 0.25) is 0 Å². The van der Waals surface area contributed by atoms with Crippen LogP contribution in [0.5, 0.6) is 0 Å². The number of anilines is 1. The molecule has 2 rings (SSSR count). The lowest BCUT2D eigenvalue weighted by Crippen LogP contribution is -2.28. The summed E-state index contributed by atoms with van der Waals surface area (Å²) in [6.07, 6.45) is 4.57. The van der Waals surface area contributed by atoms with E-state index in [0.717, 1.165) is 36.1 Å². The van der Waals surface area contributed by atoms with Crippen LogP contribution in [0.1, 0.15) is 25.7 Å². The van der Waals surface area contributed by atoms with Crippen molar-refractivity contribution < 1.29 is 14.3 Å². The molecule has 148 valence electrons. The van der Waals surface area contributed by atoms with Gasteiger partial charge in [0.15, 0.2) is 0 Å². The van der Waals surface area contributed by atoms with Gasteiger partial charge in [-0.05, 0) is 36.1 Å². The Bertz CT molecular complexity index is 759. The molecule has 0 aliphatic heterocycles. The van der Waals surface area contributed by atoms with Gasteiger partial charge in [-0.1, -0.05) is 55.0 Å². The highest BCUT2D eigenvalue weighted by Gasteiger charge is 2.05. The number of rotatable bonds is 12. The lowest BCUT2D eigenvalue weighted by Gasteiger charge is -2.08. The molecule has 0 aliphatic carbocycles. The molecule has 0 fully saturated rings. The molecule has 0 atom stereocenters. The standard InChI is InChI=1S/C23H28N2O3/c1-2-16-28-18-23(27)24-15-8-4-7-14-22(26)25-21-13-9-12-20(17-21)19-10-5-3-6-11-19/h2-3,5-6,9-13,17H,1,4,7-8,14-16,18H2,(H,24,27)(H,25,26). The number of unbranched alkanes of at least 4 members (excludes halogenated alkanes) is 2. The Hall–Kier alpha value is -2.92. The number of hydrogen-bond acceptors (Lipinski definition) is 3. The van der Waals surface area contributed by atoms with Crippen molar-refractivity contribution in [1.82, 2.24) is 5.32 Å². The first-order valence-electron chi connectivity index (χ1n) is 9.59. The van der Waals surface area contributed by atoms with Gasteiger partial charge in [-0.25, -0.2) is 0 Å². The van der Waals surface area contributed by atoms with Crippen molar-refractivity contribution in [3.63, 3.8) is 0 Å². The topological polar surface area (TPSA) is 67.4 Å². The van der Waals surface area contributed by atoms with Gasteiger partial charge < -0.3 is 15.4 Å². The summed E-state index contributed by atoms with van der Waals surface area (Å²) < 4.78 is 5.06. The quantitative estimate of drug-likeness (QED) is 0.429. The maximum atomic E-state index is 12.1. The minimum absolute atomic E-state index is 0.00655. The number of benzene rings is 2. The summed E-state index contributed by atoms with van der Waals surface area (Å²) in [6, 6.07) is 17.9. The predicted octanol–water partition coefficient (Wildman–Crippen LogP) is 4.17. The van der Waals surface area contributed by atoms with Crippen LogP contribution >= 0.6 is 0 Å². The number of hydrogen-bond donors (Lipinski definition) is 2. The summed E-state index contributed by atoms with van der Waals surface area (Å²) in [4.78, 5) is 23.6. The van der Waals surface area contributed by atoms with Crippen molar-refractivity contribution in [3.8, 4) is 11.1 Å². The Balaban J connectivity index is 1.63. The fourth-order valence-electron chi connectivity index (χ4n) is 2.73. The monoisotopic (exact) mass is 380 g/mol. The first kappa shape index (κ1) is 21.4. The molecule has 0 saturated carbocycles. The molecule has 0 unspecified atom stereocenters. The first-order valence-corrected chi connectivity index (χ1v) is 9.59. The molecular formula is C23H28N2O3. The normalized spacial score (nSPS) is 10.3. The lowest BCUT2D eigenvalue weighted by molar-refractivity contribution is -0.125. The van der Waals surface area contributed by atoms with Crippen LogP contribution in [0.25, 0.3) is 11.1 Å². The minimum Gasteiger partial charge on any atom is -0.368 e. The number of nitrogens with one attached hydrogen (secondary N) is 2.